The van der Waals surface area contributed by atoms with Gasteiger partial charge in [-0.25, -0.2) is 0 Å². The van der Waals surface area contributed by atoms with Gasteiger partial charge < -0.3 is 4.74 Å². The molecule has 1 aromatic carbocycles. The summed E-state index contributed by atoms with van der Waals surface area (Å²) in [5, 5.41) is 9.30. The van der Waals surface area contributed by atoms with Gasteiger partial charge in [0, 0.05) is 25.0 Å². The van der Waals surface area contributed by atoms with E-state index in [0.29, 0.717) is 19.6 Å². The van der Waals surface area contributed by atoms with E-state index in [0.717, 1.165) is 13.1 Å². The Balaban J connectivity index is 1.83. The van der Waals surface area contributed by atoms with Crippen LogP contribution in [0.15, 0.2) is 42.0 Å². The third-order valence-corrected chi connectivity index (χ3v) is 4.67. The van der Waals surface area contributed by atoms with Gasteiger partial charge in [-0.3, -0.25) is 9.69 Å². The number of hydrogen-bond acceptors (Lipinski definition) is 4. The van der Waals surface area contributed by atoms with Gasteiger partial charge in [0.2, 0.25) is 0 Å². The molecule has 0 aromatic heterocycles. The van der Waals surface area contributed by atoms with E-state index in [2.05, 4.69) is 23.1 Å². The zero-order valence-electron chi connectivity index (χ0n) is 13.7. The maximum Gasteiger partial charge on any atom is 0.178 e. The van der Waals surface area contributed by atoms with Crippen LogP contribution in [0.2, 0.25) is 0 Å². The van der Waals surface area contributed by atoms with Crippen molar-refractivity contribution in [1.29, 1.82) is 5.26 Å². The topological polar surface area (TPSA) is 53.3 Å². The molecule has 3 rings (SSSR count). The Morgan fingerprint density at radius 2 is 2.04 bits per heavy atom. The number of ketones is 1. The summed E-state index contributed by atoms with van der Waals surface area (Å²) in [6.07, 6.45) is 2.38. The number of nitriles is 1. The number of nitrogens with zero attached hydrogens (tertiary/aromatic N) is 2. The van der Waals surface area contributed by atoms with Crippen molar-refractivity contribution >= 4 is 5.78 Å². The van der Waals surface area contributed by atoms with Gasteiger partial charge >= 0.3 is 0 Å². The van der Waals surface area contributed by atoms with Crippen LogP contribution in [0.25, 0.3) is 0 Å². The van der Waals surface area contributed by atoms with E-state index in [1.165, 1.54) is 5.56 Å². The normalized spacial score (nSPS) is 27.5. The fourth-order valence-electron chi connectivity index (χ4n) is 3.71. The average molecular weight is 310 g/mol. The van der Waals surface area contributed by atoms with Crippen LogP contribution in [-0.2, 0) is 16.1 Å². The highest BCUT2D eigenvalue weighted by molar-refractivity contribution is 6.03. The minimum atomic E-state index is -0.560. The first kappa shape index (κ1) is 15.9. The highest BCUT2D eigenvalue weighted by Crippen LogP contribution is 2.41. The van der Waals surface area contributed by atoms with Crippen LogP contribution in [0, 0.1) is 16.7 Å². The van der Waals surface area contributed by atoms with Gasteiger partial charge in [-0.05, 0) is 18.1 Å². The van der Waals surface area contributed by atoms with E-state index in [4.69, 9.17) is 4.74 Å². The minimum absolute atomic E-state index is 0.0746. The number of ether oxygens (including phenoxy) is 1. The molecule has 1 saturated heterocycles. The zero-order valence-corrected chi connectivity index (χ0v) is 13.7. The Labute approximate surface area is 137 Å². The summed E-state index contributed by atoms with van der Waals surface area (Å²) in [6, 6.07) is 12.4. The van der Waals surface area contributed by atoms with Crippen LogP contribution in [0.3, 0.4) is 0 Å². The molecule has 0 saturated carbocycles. The number of benzene rings is 1. The quantitative estimate of drug-likeness (QED) is 0.843. The Bertz CT molecular complexity index is 672. The Hall–Kier alpha value is -1.96. The summed E-state index contributed by atoms with van der Waals surface area (Å²) in [5.41, 5.74) is 0.411. The summed E-state index contributed by atoms with van der Waals surface area (Å²) in [7, 11) is 0. The van der Waals surface area contributed by atoms with Gasteiger partial charge in [-0.2, -0.15) is 5.26 Å². The first-order valence-electron chi connectivity index (χ1n) is 8.02. The van der Waals surface area contributed by atoms with Gasteiger partial charge in [-0.1, -0.05) is 44.2 Å². The second kappa shape index (κ2) is 5.92. The lowest BCUT2D eigenvalue weighted by Crippen LogP contribution is -2.55. The van der Waals surface area contributed by atoms with Crippen molar-refractivity contribution in [1.82, 2.24) is 4.90 Å². The van der Waals surface area contributed by atoms with Gasteiger partial charge in [0.1, 0.15) is 11.7 Å². The molecule has 1 spiro atoms. The maximum absolute atomic E-state index is 12.3. The van der Waals surface area contributed by atoms with Crippen molar-refractivity contribution in [2.24, 2.45) is 5.41 Å². The minimum Gasteiger partial charge on any atom is -0.368 e. The van der Waals surface area contributed by atoms with Gasteiger partial charge in [-0.15, -0.1) is 0 Å². The molecule has 1 aliphatic heterocycles. The third-order valence-electron chi connectivity index (χ3n) is 4.67. The lowest BCUT2D eigenvalue weighted by Gasteiger charge is -2.46. The first-order valence-corrected chi connectivity index (χ1v) is 8.02. The third kappa shape index (κ3) is 3.21. The van der Waals surface area contributed by atoms with Gasteiger partial charge in [0.15, 0.2) is 5.78 Å². The highest BCUT2D eigenvalue weighted by Gasteiger charge is 2.47. The van der Waals surface area contributed by atoms with Crippen molar-refractivity contribution in [3.05, 3.63) is 47.5 Å². The molecule has 1 unspecified atom stereocenters. The lowest BCUT2D eigenvalue weighted by molar-refractivity contribution is -0.137. The number of Topliss-reactive ketones (excluding diaryl/α,β-unsaturated/α-hetero) is 1. The number of hydrogen-bond donors (Lipinski definition) is 0. The van der Waals surface area contributed by atoms with Crippen LogP contribution in [0.4, 0.5) is 0 Å². The van der Waals surface area contributed by atoms with Crippen LogP contribution in [-0.4, -0.2) is 36.0 Å². The molecule has 1 aliphatic carbocycles. The molecule has 0 radical (unpaired) electrons. The SMILES string of the molecule is CC1(C)CC2(C=C(C#N)C1=O)CN(Cc1ccccc1)CCO2. The smallest absolute Gasteiger partial charge is 0.178 e. The van der Waals surface area contributed by atoms with Crippen molar-refractivity contribution in [3.8, 4) is 6.07 Å². The molecule has 2 aliphatic rings. The lowest BCUT2D eigenvalue weighted by atomic mass is 9.69. The molecule has 0 bridgehead atoms. The fourth-order valence-corrected chi connectivity index (χ4v) is 3.71. The summed E-state index contributed by atoms with van der Waals surface area (Å²) in [6.45, 7) is 6.86. The highest BCUT2D eigenvalue weighted by atomic mass is 16.5. The molecule has 4 heteroatoms. The van der Waals surface area contributed by atoms with E-state index in [-0.39, 0.29) is 11.4 Å². The summed E-state index contributed by atoms with van der Waals surface area (Å²) in [4.78, 5) is 14.7. The Kier molecular flexibility index (Phi) is 4.09. The molecule has 1 heterocycles. The van der Waals surface area contributed by atoms with E-state index in [1.807, 2.05) is 32.0 Å². The Morgan fingerprint density at radius 3 is 2.74 bits per heavy atom. The Morgan fingerprint density at radius 1 is 1.30 bits per heavy atom. The average Bonchev–Trinajstić information content (AvgIpc) is 2.52. The van der Waals surface area contributed by atoms with E-state index >= 15 is 0 Å². The molecular formula is C19H22N2O2. The van der Waals surface area contributed by atoms with E-state index in [9.17, 15) is 10.1 Å². The van der Waals surface area contributed by atoms with Crippen molar-refractivity contribution in [2.45, 2.75) is 32.4 Å². The second-order valence-electron chi connectivity index (χ2n) is 7.17. The monoisotopic (exact) mass is 310 g/mol. The molecule has 0 N–H and O–H groups in total. The number of carbonyl (C=O) groups excluding carboxylic acids is 1. The second-order valence-corrected chi connectivity index (χ2v) is 7.17. The predicted molar refractivity (Wildman–Crippen MR) is 87.5 cm³/mol. The van der Waals surface area contributed by atoms with Crippen molar-refractivity contribution in [2.75, 3.05) is 19.7 Å². The fraction of sp³-hybridized carbons (Fsp3) is 0.474. The zero-order chi connectivity index (χ0) is 16.5. The van der Waals surface area contributed by atoms with Crippen LogP contribution >= 0.6 is 0 Å². The van der Waals surface area contributed by atoms with Crippen LogP contribution < -0.4 is 0 Å². The van der Waals surface area contributed by atoms with Gasteiger partial charge in [0.25, 0.3) is 0 Å². The van der Waals surface area contributed by atoms with Gasteiger partial charge in [0.05, 0.1) is 12.2 Å². The molecule has 4 nitrogen and oxygen atoms in total. The van der Waals surface area contributed by atoms with Crippen molar-refractivity contribution in [3.63, 3.8) is 0 Å². The van der Waals surface area contributed by atoms with E-state index < -0.39 is 11.0 Å². The molecule has 120 valence electrons. The van der Waals surface area contributed by atoms with Crippen LogP contribution in [0.1, 0.15) is 25.8 Å². The molecule has 0 amide bonds. The number of morpholine rings is 1. The molecule has 1 aromatic rings. The molecule has 1 atom stereocenters. The predicted octanol–water partition coefficient (Wildman–Crippen LogP) is 2.71. The molecule has 1 fully saturated rings. The first-order chi connectivity index (χ1) is 10.9. The summed E-state index contributed by atoms with van der Waals surface area (Å²) in [5.74, 6) is -0.0746. The number of carbonyl (C=O) groups is 1. The van der Waals surface area contributed by atoms with Crippen molar-refractivity contribution < 1.29 is 9.53 Å². The summed E-state index contributed by atoms with van der Waals surface area (Å²) < 4.78 is 6.07. The van der Waals surface area contributed by atoms with Crippen LogP contribution in [0.5, 0.6) is 0 Å². The largest absolute Gasteiger partial charge is 0.368 e. The number of rotatable bonds is 2. The summed E-state index contributed by atoms with van der Waals surface area (Å²) >= 11 is 0. The maximum atomic E-state index is 12.3. The molecule has 23 heavy (non-hydrogen) atoms. The standard InChI is InChI=1S/C19H22N2O2/c1-18(2)13-19(10-16(11-20)17(18)22)14-21(8-9-23-19)12-15-6-4-3-5-7-15/h3-7,10H,8-9,12-14H2,1-2H3. The number of allylic oxidation sites excluding steroid dienone is 1. The van der Waals surface area contributed by atoms with E-state index in [1.54, 1.807) is 6.08 Å². The molecular weight excluding hydrogens is 288 g/mol.